The Morgan fingerprint density at radius 1 is 1.15 bits per heavy atom. The van der Waals surface area contributed by atoms with Crippen molar-refractivity contribution in [2.75, 3.05) is 0 Å². The topological polar surface area (TPSA) is 37.3 Å². The van der Waals surface area contributed by atoms with Gasteiger partial charge in [0, 0.05) is 6.42 Å². The van der Waals surface area contributed by atoms with Gasteiger partial charge < -0.3 is 9.90 Å². The van der Waals surface area contributed by atoms with Crippen molar-refractivity contribution in [1.82, 2.24) is 0 Å². The summed E-state index contributed by atoms with van der Waals surface area (Å²) in [5.41, 5.74) is -0.562. The van der Waals surface area contributed by atoms with E-state index in [2.05, 4.69) is 12.2 Å². The van der Waals surface area contributed by atoms with Gasteiger partial charge >= 0.3 is 0 Å². The average molecular weight is 184 g/mol. The molecule has 0 aromatic rings. The fourth-order valence-electron chi connectivity index (χ4n) is 0.991. The van der Waals surface area contributed by atoms with Gasteiger partial charge in [-0.05, 0) is 39.5 Å². The lowest BCUT2D eigenvalue weighted by atomic mass is 10.0. The van der Waals surface area contributed by atoms with Gasteiger partial charge in [0.25, 0.3) is 0 Å². The lowest BCUT2D eigenvalue weighted by molar-refractivity contribution is -0.107. The molecule has 76 valence electrons. The molecular formula is C11H20O2. The first kappa shape index (κ1) is 12.4. The first-order valence-electron chi connectivity index (χ1n) is 4.87. The number of hydrogen-bond donors (Lipinski definition) is 1. The number of carbonyl (C=O) groups excluding carboxylic acids is 1. The van der Waals surface area contributed by atoms with Crippen LogP contribution in [0.25, 0.3) is 0 Å². The van der Waals surface area contributed by atoms with Crippen molar-refractivity contribution in [3.8, 4) is 0 Å². The van der Waals surface area contributed by atoms with E-state index in [0.717, 1.165) is 32.0 Å². The van der Waals surface area contributed by atoms with E-state index in [1.807, 2.05) is 13.8 Å². The van der Waals surface area contributed by atoms with Crippen LogP contribution in [0, 0.1) is 0 Å². The molecule has 13 heavy (non-hydrogen) atoms. The van der Waals surface area contributed by atoms with Gasteiger partial charge in [-0.15, -0.1) is 0 Å². The maximum atomic E-state index is 9.97. The zero-order valence-corrected chi connectivity index (χ0v) is 8.62. The predicted octanol–water partition coefficient (Wildman–Crippen LogP) is 2.46. The van der Waals surface area contributed by atoms with E-state index >= 15 is 0 Å². The van der Waals surface area contributed by atoms with E-state index in [9.17, 15) is 9.90 Å². The molecule has 0 saturated carbocycles. The first-order valence-corrected chi connectivity index (χ1v) is 4.87. The van der Waals surface area contributed by atoms with Gasteiger partial charge in [0.05, 0.1) is 5.60 Å². The molecule has 0 aliphatic heterocycles. The monoisotopic (exact) mass is 184 g/mol. The number of aldehydes is 1. The fraction of sp³-hybridized carbons (Fsp3) is 0.727. The molecule has 0 heterocycles. The third-order valence-corrected chi connectivity index (χ3v) is 1.78. The molecule has 0 atom stereocenters. The summed E-state index contributed by atoms with van der Waals surface area (Å²) in [4.78, 5) is 9.97. The molecule has 0 aromatic heterocycles. The minimum absolute atomic E-state index is 0.562. The van der Waals surface area contributed by atoms with Crippen molar-refractivity contribution in [3.05, 3.63) is 12.2 Å². The number of unbranched alkanes of at least 4 members (excludes halogenated alkanes) is 2. The zero-order chi connectivity index (χ0) is 10.2. The smallest absolute Gasteiger partial charge is 0.120 e. The molecule has 0 aliphatic rings. The largest absolute Gasteiger partial charge is 0.390 e. The van der Waals surface area contributed by atoms with E-state index in [4.69, 9.17) is 0 Å². The molecular weight excluding hydrogens is 164 g/mol. The Kier molecular flexibility index (Phi) is 6.51. The minimum Gasteiger partial charge on any atom is -0.390 e. The van der Waals surface area contributed by atoms with E-state index in [1.54, 1.807) is 0 Å². The molecule has 0 unspecified atom stereocenters. The summed E-state index contributed by atoms with van der Waals surface area (Å²) in [5.74, 6) is 0. The third kappa shape index (κ3) is 11.4. The number of aliphatic hydroxyl groups is 1. The highest BCUT2D eigenvalue weighted by molar-refractivity contribution is 5.48. The number of hydrogen-bond acceptors (Lipinski definition) is 2. The Bertz CT molecular complexity index is 154. The lowest BCUT2D eigenvalue weighted by Crippen LogP contribution is -2.17. The molecule has 0 saturated heterocycles. The van der Waals surface area contributed by atoms with Crippen LogP contribution in [0.1, 0.15) is 46.0 Å². The summed E-state index contributed by atoms with van der Waals surface area (Å²) in [6, 6.07) is 0. The van der Waals surface area contributed by atoms with Gasteiger partial charge in [0.15, 0.2) is 0 Å². The van der Waals surface area contributed by atoms with Crippen molar-refractivity contribution < 1.29 is 9.90 Å². The molecule has 0 bridgehead atoms. The summed E-state index contributed by atoms with van der Waals surface area (Å²) in [5, 5.41) is 9.38. The van der Waals surface area contributed by atoms with Crippen LogP contribution in [0.3, 0.4) is 0 Å². The Labute approximate surface area is 80.7 Å². The molecule has 0 spiro atoms. The Balaban J connectivity index is 3.27. The first-order chi connectivity index (χ1) is 6.06. The molecule has 0 aromatic carbocycles. The van der Waals surface area contributed by atoms with E-state index < -0.39 is 5.60 Å². The molecule has 2 heteroatoms. The molecule has 2 nitrogen and oxygen atoms in total. The third-order valence-electron chi connectivity index (χ3n) is 1.78. The summed E-state index contributed by atoms with van der Waals surface area (Å²) < 4.78 is 0. The lowest BCUT2D eigenvalue weighted by Gasteiger charge is -2.14. The van der Waals surface area contributed by atoms with E-state index in [-0.39, 0.29) is 0 Å². The van der Waals surface area contributed by atoms with Crippen LogP contribution in [-0.2, 0) is 4.79 Å². The highest BCUT2D eigenvalue weighted by atomic mass is 16.3. The van der Waals surface area contributed by atoms with Crippen LogP contribution in [0.5, 0.6) is 0 Å². The molecule has 0 radical (unpaired) electrons. The predicted molar refractivity (Wildman–Crippen MR) is 54.6 cm³/mol. The summed E-state index contributed by atoms with van der Waals surface area (Å²) >= 11 is 0. The maximum Gasteiger partial charge on any atom is 0.120 e. The van der Waals surface area contributed by atoms with Gasteiger partial charge in [-0.1, -0.05) is 12.2 Å². The Morgan fingerprint density at radius 2 is 1.77 bits per heavy atom. The van der Waals surface area contributed by atoms with Gasteiger partial charge in [-0.3, -0.25) is 0 Å². The van der Waals surface area contributed by atoms with E-state index in [0.29, 0.717) is 6.42 Å². The number of allylic oxidation sites excluding steroid dienone is 2. The van der Waals surface area contributed by atoms with Crippen molar-refractivity contribution in [3.63, 3.8) is 0 Å². The van der Waals surface area contributed by atoms with Gasteiger partial charge in [0.1, 0.15) is 6.29 Å². The van der Waals surface area contributed by atoms with Crippen molar-refractivity contribution in [2.45, 2.75) is 51.6 Å². The van der Waals surface area contributed by atoms with Crippen molar-refractivity contribution in [2.24, 2.45) is 0 Å². The molecule has 0 rings (SSSR count). The van der Waals surface area contributed by atoms with Crippen LogP contribution in [0.15, 0.2) is 12.2 Å². The average Bonchev–Trinajstić information content (AvgIpc) is 2.01. The van der Waals surface area contributed by atoms with Crippen LogP contribution in [0.2, 0.25) is 0 Å². The quantitative estimate of drug-likeness (QED) is 0.375. The Morgan fingerprint density at radius 3 is 2.31 bits per heavy atom. The second-order valence-corrected chi connectivity index (χ2v) is 3.92. The Hall–Kier alpha value is -0.630. The maximum absolute atomic E-state index is 9.97. The number of rotatable bonds is 7. The van der Waals surface area contributed by atoms with Gasteiger partial charge in [-0.2, -0.15) is 0 Å². The molecule has 0 fully saturated rings. The summed E-state index contributed by atoms with van der Waals surface area (Å²) in [7, 11) is 0. The molecule has 0 aliphatic carbocycles. The normalized spacial score (nSPS) is 12.2. The van der Waals surface area contributed by atoms with Crippen LogP contribution in [0.4, 0.5) is 0 Å². The van der Waals surface area contributed by atoms with Gasteiger partial charge in [-0.25, -0.2) is 0 Å². The molecule has 0 amide bonds. The van der Waals surface area contributed by atoms with E-state index in [1.165, 1.54) is 0 Å². The highest BCUT2D eigenvalue weighted by Crippen LogP contribution is 2.10. The summed E-state index contributed by atoms with van der Waals surface area (Å²) in [6.45, 7) is 3.63. The summed E-state index contributed by atoms with van der Waals surface area (Å²) in [6.07, 6.45) is 9.34. The van der Waals surface area contributed by atoms with Crippen LogP contribution < -0.4 is 0 Å². The zero-order valence-electron chi connectivity index (χ0n) is 8.62. The second kappa shape index (κ2) is 6.84. The standard InChI is InChI=1S/C11H20O2/c1-11(2,13)9-7-5-3-4-6-8-10-12/h3,5,10,13H,4,6-9H2,1-2H3/b5-3+. The van der Waals surface area contributed by atoms with Crippen molar-refractivity contribution in [1.29, 1.82) is 0 Å². The van der Waals surface area contributed by atoms with Crippen LogP contribution >= 0.6 is 0 Å². The number of carbonyl (C=O) groups is 1. The minimum atomic E-state index is -0.562. The fourth-order valence-corrected chi connectivity index (χ4v) is 0.991. The molecule has 1 N–H and O–H groups in total. The van der Waals surface area contributed by atoms with Gasteiger partial charge in [0.2, 0.25) is 0 Å². The van der Waals surface area contributed by atoms with Crippen molar-refractivity contribution >= 4 is 6.29 Å². The second-order valence-electron chi connectivity index (χ2n) is 3.92. The highest BCUT2D eigenvalue weighted by Gasteiger charge is 2.09. The van der Waals surface area contributed by atoms with Crippen LogP contribution in [-0.4, -0.2) is 17.0 Å². The SMILES string of the molecule is CC(C)(O)CC/C=C/CCCC=O.